The van der Waals surface area contributed by atoms with Gasteiger partial charge in [-0.2, -0.15) is 4.31 Å². The van der Waals surface area contributed by atoms with Crippen LogP contribution in [0.5, 0.6) is 0 Å². The Balaban J connectivity index is 2.33. The molecule has 0 aliphatic carbocycles. The van der Waals surface area contributed by atoms with Gasteiger partial charge in [-0.05, 0) is 18.2 Å². The zero-order chi connectivity index (χ0) is 13.3. The van der Waals surface area contributed by atoms with E-state index in [9.17, 15) is 13.2 Å². The van der Waals surface area contributed by atoms with E-state index in [1.807, 2.05) is 0 Å². The van der Waals surface area contributed by atoms with Crippen LogP contribution in [0.15, 0.2) is 23.1 Å². The number of ketones is 1. The molecular weight excluding hydrogens is 297 g/mol. The molecule has 1 fully saturated rings. The lowest BCUT2D eigenvalue weighted by molar-refractivity contribution is -0.120. The third-order valence-electron chi connectivity index (χ3n) is 2.75. The van der Waals surface area contributed by atoms with Gasteiger partial charge in [-0.15, -0.1) is 0 Å². The molecule has 0 atom stereocenters. The van der Waals surface area contributed by atoms with Crippen molar-refractivity contribution in [3.05, 3.63) is 28.2 Å². The highest BCUT2D eigenvalue weighted by Crippen LogP contribution is 2.26. The van der Waals surface area contributed by atoms with Crippen LogP contribution in [0.1, 0.15) is 12.8 Å². The van der Waals surface area contributed by atoms with E-state index in [-0.39, 0.29) is 46.7 Å². The molecule has 0 amide bonds. The van der Waals surface area contributed by atoms with Gasteiger partial charge in [-0.25, -0.2) is 8.42 Å². The van der Waals surface area contributed by atoms with E-state index >= 15 is 0 Å². The first-order chi connectivity index (χ1) is 8.39. The van der Waals surface area contributed by atoms with Crippen LogP contribution >= 0.6 is 23.2 Å². The van der Waals surface area contributed by atoms with Crippen molar-refractivity contribution >= 4 is 39.0 Å². The van der Waals surface area contributed by atoms with Gasteiger partial charge in [0, 0.05) is 36.0 Å². The van der Waals surface area contributed by atoms with Crippen molar-refractivity contribution in [3.63, 3.8) is 0 Å². The number of nitrogens with zero attached hydrogens (tertiary/aromatic N) is 1. The van der Waals surface area contributed by atoms with Gasteiger partial charge in [0.25, 0.3) is 0 Å². The minimum absolute atomic E-state index is 0.0642. The van der Waals surface area contributed by atoms with Crippen LogP contribution in [0.2, 0.25) is 10.0 Å². The van der Waals surface area contributed by atoms with Crippen molar-refractivity contribution in [1.29, 1.82) is 0 Å². The number of piperidine rings is 1. The summed E-state index contributed by atoms with van der Waals surface area (Å²) >= 11 is 11.6. The molecule has 98 valence electrons. The molecule has 0 spiro atoms. The van der Waals surface area contributed by atoms with Crippen molar-refractivity contribution in [3.8, 4) is 0 Å². The smallest absolute Gasteiger partial charge is 0.243 e. The summed E-state index contributed by atoms with van der Waals surface area (Å²) in [5, 5.41) is 0.545. The average Bonchev–Trinajstić information content (AvgIpc) is 2.28. The molecule has 0 radical (unpaired) electrons. The van der Waals surface area contributed by atoms with E-state index in [1.165, 1.54) is 22.5 Å². The molecule has 2 rings (SSSR count). The number of benzene rings is 1. The van der Waals surface area contributed by atoms with Gasteiger partial charge in [0.15, 0.2) is 0 Å². The first-order valence-corrected chi connectivity index (χ1v) is 7.57. The van der Waals surface area contributed by atoms with Gasteiger partial charge in [0.2, 0.25) is 10.0 Å². The van der Waals surface area contributed by atoms with Crippen LogP contribution in [0.4, 0.5) is 0 Å². The fourth-order valence-electron chi connectivity index (χ4n) is 1.80. The van der Waals surface area contributed by atoms with Crippen molar-refractivity contribution in [2.75, 3.05) is 13.1 Å². The summed E-state index contributed by atoms with van der Waals surface area (Å²) in [6, 6.07) is 4.19. The lowest BCUT2D eigenvalue weighted by Crippen LogP contribution is -2.38. The third-order valence-corrected chi connectivity index (χ3v) is 5.07. The van der Waals surface area contributed by atoms with Gasteiger partial charge in [0.05, 0.1) is 4.90 Å². The number of halogens is 2. The molecule has 1 aromatic carbocycles. The minimum atomic E-state index is -3.62. The Morgan fingerprint density at radius 2 is 1.50 bits per heavy atom. The Labute approximate surface area is 116 Å². The number of hydrogen-bond donors (Lipinski definition) is 0. The summed E-state index contributed by atoms with van der Waals surface area (Å²) in [5.41, 5.74) is 0. The van der Waals surface area contributed by atoms with E-state index in [0.29, 0.717) is 0 Å². The van der Waals surface area contributed by atoms with Gasteiger partial charge in [-0.1, -0.05) is 23.2 Å². The predicted octanol–water partition coefficient (Wildman–Crippen LogP) is 2.35. The van der Waals surface area contributed by atoms with Crippen LogP contribution < -0.4 is 0 Å². The quantitative estimate of drug-likeness (QED) is 0.842. The third kappa shape index (κ3) is 2.85. The number of carbonyl (C=O) groups is 1. The van der Waals surface area contributed by atoms with E-state index in [2.05, 4.69) is 0 Å². The van der Waals surface area contributed by atoms with Crippen molar-refractivity contribution in [2.24, 2.45) is 0 Å². The molecule has 0 N–H and O–H groups in total. The lowest BCUT2D eigenvalue weighted by atomic mass is 10.1. The fraction of sp³-hybridized carbons (Fsp3) is 0.364. The first kappa shape index (κ1) is 13.8. The summed E-state index contributed by atoms with van der Waals surface area (Å²) in [6.07, 6.45) is 0.515. The number of sulfonamides is 1. The molecule has 0 aromatic heterocycles. The van der Waals surface area contributed by atoms with Gasteiger partial charge in [0.1, 0.15) is 5.78 Å². The molecule has 0 saturated carbocycles. The molecule has 18 heavy (non-hydrogen) atoms. The van der Waals surface area contributed by atoms with E-state index < -0.39 is 10.0 Å². The zero-order valence-corrected chi connectivity index (χ0v) is 11.7. The monoisotopic (exact) mass is 307 g/mol. The van der Waals surface area contributed by atoms with Crippen molar-refractivity contribution < 1.29 is 13.2 Å². The molecule has 0 unspecified atom stereocenters. The summed E-state index contributed by atoms with van der Waals surface area (Å²) in [5.74, 6) is 0.0885. The Hall–Kier alpha value is -0.620. The fourth-order valence-corrected chi connectivity index (χ4v) is 3.97. The molecule has 0 bridgehead atoms. The predicted molar refractivity (Wildman–Crippen MR) is 69.5 cm³/mol. The molecule has 1 aliphatic rings. The maximum absolute atomic E-state index is 12.3. The lowest BCUT2D eigenvalue weighted by Gasteiger charge is -2.25. The SMILES string of the molecule is O=C1CCN(S(=O)(=O)c2cc(Cl)cc(Cl)c2)CC1. The van der Waals surface area contributed by atoms with Crippen LogP contribution in [-0.2, 0) is 14.8 Å². The Morgan fingerprint density at radius 1 is 1.00 bits per heavy atom. The molecule has 1 heterocycles. The van der Waals surface area contributed by atoms with Crippen LogP contribution in [-0.4, -0.2) is 31.6 Å². The summed E-state index contributed by atoms with van der Waals surface area (Å²) < 4.78 is 25.9. The van der Waals surface area contributed by atoms with Gasteiger partial charge >= 0.3 is 0 Å². The van der Waals surface area contributed by atoms with E-state index in [4.69, 9.17) is 23.2 Å². The highest BCUT2D eigenvalue weighted by atomic mass is 35.5. The molecule has 1 aliphatic heterocycles. The van der Waals surface area contributed by atoms with Crippen molar-refractivity contribution in [2.45, 2.75) is 17.7 Å². The minimum Gasteiger partial charge on any atom is -0.300 e. The Bertz CT molecular complexity index is 556. The van der Waals surface area contributed by atoms with Crippen LogP contribution in [0, 0.1) is 0 Å². The average molecular weight is 308 g/mol. The van der Waals surface area contributed by atoms with Crippen molar-refractivity contribution in [1.82, 2.24) is 4.31 Å². The molecule has 4 nitrogen and oxygen atoms in total. The molecular formula is C11H11Cl2NO3S. The highest BCUT2D eigenvalue weighted by Gasteiger charge is 2.28. The summed E-state index contributed by atoms with van der Waals surface area (Å²) in [6.45, 7) is 0.427. The Morgan fingerprint density at radius 3 is 2.00 bits per heavy atom. The standard InChI is InChI=1S/C11H11Cl2NO3S/c12-8-5-9(13)7-11(6-8)18(16,17)14-3-1-10(15)2-4-14/h5-7H,1-4H2. The van der Waals surface area contributed by atoms with Gasteiger partial charge < -0.3 is 0 Å². The second kappa shape index (κ2) is 5.17. The Kier molecular flexibility index (Phi) is 3.96. The normalized spacial score (nSPS) is 18.0. The molecule has 1 saturated heterocycles. The number of Topliss-reactive ketones (excluding diaryl/α,β-unsaturated/α-hetero) is 1. The number of carbonyl (C=O) groups excluding carboxylic acids is 1. The number of hydrogen-bond acceptors (Lipinski definition) is 3. The topological polar surface area (TPSA) is 54.5 Å². The van der Waals surface area contributed by atoms with Crippen LogP contribution in [0.25, 0.3) is 0 Å². The summed E-state index contributed by atoms with van der Waals surface area (Å²) in [4.78, 5) is 11.2. The maximum Gasteiger partial charge on any atom is 0.243 e. The van der Waals surface area contributed by atoms with E-state index in [1.54, 1.807) is 0 Å². The van der Waals surface area contributed by atoms with Crippen LogP contribution in [0.3, 0.4) is 0 Å². The summed E-state index contributed by atoms with van der Waals surface area (Å²) in [7, 11) is -3.62. The molecule has 7 heteroatoms. The van der Waals surface area contributed by atoms with Gasteiger partial charge in [-0.3, -0.25) is 4.79 Å². The zero-order valence-electron chi connectivity index (χ0n) is 9.40. The second-order valence-corrected chi connectivity index (χ2v) is 6.86. The first-order valence-electron chi connectivity index (χ1n) is 5.37. The largest absolute Gasteiger partial charge is 0.300 e. The highest BCUT2D eigenvalue weighted by molar-refractivity contribution is 7.89. The second-order valence-electron chi connectivity index (χ2n) is 4.05. The number of rotatable bonds is 2. The maximum atomic E-state index is 12.3. The van der Waals surface area contributed by atoms with E-state index in [0.717, 1.165) is 0 Å². The molecule has 1 aromatic rings.